The highest BCUT2D eigenvalue weighted by Gasteiger charge is 1.88. The number of aromatic nitrogens is 1. The highest BCUT2D eigenvalue weighted by atomic mass is 32.1. The minimum atomic E-state index is 1.14. The minimum absolute atomic E-state index is 1.14. The number of benzene rings is 1. The van der Waals surface area contributed by atoms with Crippen molar-refractivity contribution in [1.29, 1.82) is 0 Å². The molecule has 1 nitrogen and oxygen atoms in total. The molecule has 0 atom stereocenters. The van der Waals surface area contributed by atoms with Crippen molar-refractivity contribution in [2.24, 2.45) is 0 Å². The fourth-order valence-electron chi connectivity index (χ4n) is 1.12. The van der Waals surface area contributed by atoms with E-state index in [0.29, 0.717) is 0 Å². The molecule has 0 N–H and O–H groups in total. The van der Waals surface area contributed by atoms with Crippen LogP contribution >= 0.6 is 11.3 Å². The molecular weight excluding hydrogens is 202 g/mol. The maximum absolute atomic E-state index is 4.12. The molecule has 15 heavy (non-hydrogen) atoms. The number of aryl methyl sites for hydroxylation is 2. The van der Waals surface area contributed by atoms with Gasteiger partial charge >= 0.3 is 0 Å². The van der Waals surface area contributed by atoms with E-state index in [9.17, 15) is 0 Å². The molecule has 0 saturated carbocycles. The predicted octanol–water partition coefficient (Wildman–Crippen LogP) is 4.09. The molecule has 0 fully saturated rings. The summed E-state index contributed by atoms with van der Waals surface area (Å²) >= 11 is 1.74. The highest BCUT2D eigenvalue weighted by molar-refractivity contribution is 7.09. The van der Waals surface area contributed by atoms with Crippen LogP contribution in [-0.2, 0) is 6.42 Å². The molecule has 0 radical (unpaired) electrons. The molecule has 1 aromatic heterocycles. The standard InChI is InChI=1S/C7H8.C6H9NS/c1-7-5-3-2-4-6-7;1-2-3-6-7-4-5-8-6/h2-6H,1H3;4-5H,2-3H2,1H3. The lowest BCUT2D eigenvalue weighted by Gasteiger charge is -1.84. The maximum Gasteiger partial charge on any atom is 0.0924 e. The van der Waals surface area contributed by atoms with Crippen LogP contribution in [-0.4, -0.2) is 4.98 Å². The van der Waals surface area contributed by atoms with Crippen LogP contribution in [0, 0.1) is 6.92 Å². The number of thiazole rings is 1. The number of rotatable bonds is 2. The Labute approximate surface area is 95.8 Å². The van der Waals surface area contributed by atoms with Gasteiger partial charge in [-0.25, -0.2) is 4.98 Å². The molecule has 0 aliphatic heterocycles. The second-order valence-corrected chi connectivity index (χ2v) is 4.31. The van der Waals surface area contributed by atoms with Gasteiger partial charge in [-0.3, -0.25) is 0 Å². The predicted molar refractivity (Wildman–Crippen MR) is 67.3 cm³/mol. The fraction of sp³-hybridized carbons (Fsp3) is 0.308. The van der Waals surface area contributed by atoms with E-state index in [4.69, 9.17) is 0 Å². The van der Waals surface area contributed by atoms with Gasteiger partial charge in [-0.2, -0.15) is 0 Å². The van der Waals surface area contributed by atoms with Gasteiger partial charge < -0.3 is 0 Å². The van der Waals surface area contributed by atoms with Crippen molar-refractivity contribution in [2.45, 2.75) is 26.7 Å². The zero-order valence-corrected chi connectivity index (χ0v) is 10.1. The summed E-state index contributed by atoms with van der Waals surface area (Å²) in [5, 5.41) is 3.28. The second-order valence-electron chi connectivity index (χ2n) is 3.33. The van der Waals surface area contributed by atoms with E-state index in [0.717, 1.165) is 6.42 Å². The van der Waals surface area contributed by atoms with E-state index in [1.807, 2.05) is 29.8 Å². The SMILES string of the molecule is CCCc1nccs1.Cc1ccccc1. The van der Waals surface area contributed by atoms with Crippen LogP contribution in [0.5, 0.6) is 0 Å². The summed E-state index contributed by atoms with van der Waals surface area (Å²) < 4.78 is 0. The Bertz CT molecular complexity index is 340. The normalized spacial score (nSPS) is 9.20. The quantitative estimate of drug-likeness (QED) is 0.741. The molecule has 0 amide bonds. The smallest absolute Gasteiger partial charge is 0.0924 e. The van der Waals surface area contributed by atoms with Crippen LogP contribution < -0.4 is 0 Å². The lowest BCUT2D eigenvalue weighted by atomic mass is 10.2. The first-order valence-electron chi connectivity index (χ1n) is 5.23. The average Bonchev–Trinajstić information content (AvgIpc) is 2.73. The molecule has 2 aromatic rings. The van der Waals surface area contributed by atoms with E-state index in [1.54, 1.807) is 11.3 Å². The Morgan fingerprint density at radius 3 is 2.33 bits per heavy atom. The summed E-state index contributed by atoms with van der Waals surface area (Å²) in [4.78, 5) is 4.12. The molecule has 0 aliphatic carbocycles. The van der Waals surface area contributed by atoms with Crippen LogP contribution in [0.25, 0.3) is 0 Å². The zero-order chi connectivity index (χ0) is 10.9. The summed E-state index contributed by atoms with van der Waals surface area (Å²) in [6.45, 7) is 4.25. The molecule has 0 bridgehead atoms. The molecular formula is C13H17NS. The van der Waals surface area contributed by atoms with Crippen molar-refractivity contribution >= 4 is 11.3 Å². The van der Waals surface area contributed by atoms with Crippen molar-refractivity contribution in [3.8, 4) is 0 Å². The summed E-state index contributed by atoms with van der Waals surface area (Å²) in [5.41, 5.74) is 1.32. The molecule has 0 unspecified atom stereocenters. The van der Waals surface area contributed by atoms with Crippen LogP contribution in [0.3, 0.4) is 0 Å². The van der Waals surface area contributed by atoms with Gasteiger partial charge in [0.05, 0.1) is 5.01 Å². The summed E-state index contributed by atoms with van der Waals surface area (Å²) in [6, 6.07) is 10.3. The van der Waals surface area contributed by atoms with E-state index in [-0.39, 0.29) is 0 Å². The van der Waals surface area contributed by atoms with Crippen molar-refractivity contribution < 1.29 is 0 Å². The number of hydrogen-bond acceptors (Lipinski definition) is 2. The summed E-state index contributed by atoms with van der Waals surface area (Å²) in [7, 11) is 0. The van der Waals surface area contributed by atoms with Crippen LogP contribution in [0.2, 0.25) is 0 Å². The summed E-state index contributed by atoms with van der Waals surface area (Å²) in [5.74, 6) is 0. The third kappa shape index (κ3) is 5.33. The Kier molecular flexibility index (Phi) is 5.71. The Morgan fingerprint density at radius 1 is 1.20 bits per heavy atom. The molecule has 1 heterocycles. The molecule has 1 aromatic carbocycles. The first-order valence-corrected chi connectivity index (χ1v) is 6.11. The van der Waals surface area contributed by atoms with Crippen LogP contribution in [0.15, 0.2) is 41.9 Å². The van der Waals surface area contributed by atoms with Crippen molar-refractivity contribution in [3.05, 3.63) is 52.5 Å². The van der Waals surface area contributed by atoms with Crippen molar-refractivity contribution in [3.63, 3.8) is 0 Å². The van der Waals surface area contributed by atoms with Gasteiger partial charge in [0, 0.05) is 11.6 Å². The molecule has 2 heteroatoms. The first-order chi connectivity index (χ1) is 7.33. The van der Waals surface area contributed by atoms with Crippen LogP contribution in [0.4, 0.5) is 0 Å². The highest BCUT2D eigenvalue weighted by Crippen LogP contribution is 2.05. The second kappa shape index (κ2) is 7.18. The lowest BCUT2D eigenvalue weighted by Crippen LogP contribution is -1.76. The fourth-order valence-corrected chi connectivity index (χ4v) is 1.85. The summed E-state index contributed by atoms with van der Waals surface area (Å²) in [6.07, 6.45) is 4.20. The van der Waals surface area contributed by atoms with E-state index >= 15 is 0 Å². The Balaban J connectivity index is 0.000000151. The number of hydrogen-bond donors (Lipinski definition) is 0. The zero-order valence-electron chi connectivity index (χ0n) is 9.31. The minimum Gasteiger partial charge on any atom is -0.250 e. The third-order valence-electron chi connectivity index (χ3n) is 1.89. The monoisotopic (exact) mass is 219 g/mol. The van der Waals surface area contributed by atoms with Gasteiger partial charge in [-0.15, -0.1) is 11.3 Å². The van der Waals surface area contributed by atoms with Gasteiger partial charge in [-0.1, -0.05) is 42.8 Å². The Morgan fingerprint density at radius 2 is 1.93 bits per heavy atom. The molecule has 0 spiro atoms. The molecule has 80 valence electrons. The van der Waals surface area contributed by atoms with Crippen LogP contribution in [0.1, 0.15) is 23.9 Å². The molecule has 2 rings (SSSR count). The Hall–Kier alpha value is -1.15. The van der Waals surface area contributed by atoms with Crippen molar-refractivity contribution in [1.82, 2.24) is 4.98 Å². The lowest BCUT2D eigenvalue weighted by molar-refractivity contribution is 0.909. The van der Waals surface area contributed by atoms with E-state index in [2.05, 4.69) is 31.0 Å². The number of nitrogens with zero attached hydrogens (tertiary/aromatic N) is 1. The van der Waals surface area contributed by atoms with E-state index < -0.39 is 0 Å². The van der Waals surface area contributed by atoms with Gasteiger partial charge in [0.1, 0.15) is 0 Å². The maximum atomic E-state index is 4.12. The largest absolute Gasteiger partial charge is 0.250 e. The molecule has 0 aliphatic rings. The molecule has 0 saturated heterocycles. The average molecular weight is 219 g/mol. The van der Waals surface area contributed by atoms with Gasteiger partial charge in [-0.05, 0) is 19.8 Å². The topological polar surface area (TPSA) is 12.9 Å². The van der Waals surface area contributed by atoms with Gasteiger partial charge in [0.15, 0.2) is 0 Å². The first kappa shape index (κ1) is 11.9. The third-order valence-corrected chi connectivity index (χ3v) is 2.73. The van der Waals surface area contributed by atoms with E-state index in [1.165, 1.54) is 17.0 Å². The van der Waals surface area contributed by atoms with Gasteiger partial charge in [0.25, 0.3) is 0 Å². The van der Waals surface area contributed by atoms with Gasteiger partial charge in [0.2, 0.25) is 0 Å². The van der Waals surface area contributed by atoms with Crippen molar-refractivity contribution in [2.75, 3.05) is 0 Å².